The molecule has 128 valence electrons. The van der Waals surface area contributed by atoms with Crippen LogP contribution in [0.25, 0.3) is 11.4 Å². The fraction of sp³-hybridized carbons (Fsp3) is 0.167. The maximum Gasteiger partial charge on any atom is 0.234 e. The van der Waals surface area contributed by atoms with Crippen molar-refractivity contribution in [2.45, 2.75) is 18.2 Å². The van der Waals surface area contributed by atoms with E-state index in [1.54, 1.807) is 0 Å². The molecular weight excluding hydrogens is 374 g/mol. The van der Waals surface area contributed by atoms with Gasteiger partial charge in [-0.15, -0.1) is 0 Å². The Balaban J connectivity index is 1.62. The lowest BCUT2D eigenvalue weighted by Crippen LogP contribution is -2.15. The number of halogens is 1. The number of aromatic nitrogens is 2. The lowest BCUT2D eigenvalue weighted by Gasteiger charge is -2.09. The molecule has 0 aliphatic carbocycles. The molecule has 2 aromatic carbocycles. The average Bonchev–Trinajstić information content (AvgIpc) is 3.06. The van der Waals surface area contributed by atoms with Crippen LogP contribution < -0.4 is 5.32 Å². The molecule has 0 saturated carbocycles. The van der Waals surface area contributed by atoms with Gasteiger partial charge in [0.25, 0.3) is 0 Å². The van der Waals surface area contributed by atoms with Crippen LogP contribution in [0.2, 0.25) is 5.02 Å². The van der Waals surface area contributed by atoms with E-state index >= 15 is 0 Å². The third kappa shape index (κ3) is 4.39. The van der Waals surface area contributed by atoms with Gasteiger partial charge < -0.3 is 5.32 Å². The number of hydrogen-bond donors (Lipinski definition) is 1. The van der Waals surface area contributed by atoms with Gasteiger partial charge in [0.1, 0.15) is 0 Å². The van der Waals surface area contributed by atoms with Crippen molar-refractivity contribution in [3.63, 3.8) is 0 Å². The van der Waals surface area contributed by atoms with E-state index in [-0.39, 0.29) is 11.7 Å². The number of hydrogen-bond acceptors (Lipinski definition) is 5. The number of nitrogens with zero attached hydrogens (tertiary/aromatic N) is 2. The molecule has 0 saturated heterocycles. The van der Waals surface area contributed by atoms with Crippen molar-refractivity contribution < 1.29 is 4.79 Å². The van der Waals surface area contributed by atoms with Crippen molar-refractivity contribution in [1.29, 1.82) is 0 Å². The second-order valence-corrected chi connectivity index (χ2v) is 7.83. The highest BCUT2D eigenvalue weighted by Crippen LogP contribution is 2.29. The number of thioether (sulfide) groups is 1. The molecule has 0 aliphatic heterocycles. The van der Waals surface area contributed by atoms with Crippen LogP contribution in [0, 0.1) is 13.8 Å². The van der Waals surface area contributed by atoms with Crippen LogP contribution >= 0.6 is 34.9 Å². The summed E-state index contributed by atoms with van der Waals surface area (Å²) in [4.78, 5) is 16.6. The second kappa shape index (κ2) is 7.99. The van der Waals surface area contributed by atoms with Crippen LogP contribution in [0.1, 0.15) is 11.1 Å². The van der Waals surface area contributed by atoms with Crippen molar-refractivity contribution in [2.75, 3.05) is 11.1 Å². The summed E-state index contributed by atoms with van der Waals surface area (Å²) in [5.74, 6) is 0.811. The molecule has 1 N–H and O–H groups in total. The SMILES string of the molecule is Cc1cccc(NC(=O)CSc2nc(-c3ccccc3Cl)ns2)c1C. The summed E-state index contributed by atoms with van der Waals surface area (Å²) >= 11 is 8.81. The first-order chi connectivity index (χ1) is 12.0. The zero-order valence-electron chi connectivity index (χ0n) is 13.7. The number of amides is 1. The van der Waals surface area contributed by atoms with Crippen LogP contribution in [0.15, 0.2) is 46.8 Å². The minimum absolute atomic E-state index is 0.0619. The topological polar surface area (TPSA) is 54.9 Å². The van der Waals surface area contributed by atoms with Crippen molar-refractivity contribution in [2.24, 2.45) is 0 Å². The Bertz CT molecular complexity index is 911. The van der Waals surface area contributed by atoms with Gasteiger partial charge in [-0.05, 0) is 54.7 Å². The molecule has 0 aliphatic rings. The summed E-state index contributed by atoms with van der Waals surface area (Å²) in [5.41, 5.74) is 3.88. The number of benzene rings is 2. The van der Waals surface area contributed by atoms with Crippen molar-refractivity contribution in [1.82, 2.24) is 9.36 Å². The Morgan fingerprint density at radius 2 is 2.00 bits per heavy atom. The Morgan fingerprint density at radius 1 is 1.20 bits per heavy atom. The maximum atomic E-state index is 12.2. The molecule has 1 amide bonds. The van der Waals surface area contributed by atoms with Gasteiger partial charge in [-0.1, -0.05) is 47.6 Å². The summed E-state index contributed by atoms with van der Waals surface area (Å²) in [7, 11) is 0. The van der Waals surface area contributed by atoms with Crippen LogP contribution in [-0.4, -0.2) is 21.0 Å². The van der Waals surface area contributed by atoms with E-state index < -0.39 is 0 Å². The van der Waals surface area contributed by atoms with E-state index in [4.69, 9.17) is 11.6 Å². The van der Waals surface area contributed by atoms with Crippen LogP contribution in [0.4, 0.5) is 5.69 Å². The zero-order chi connectivity index (χ0) is 17.8. The summed E-state index contributed by atoms with van der Waals surface area (Å²) in [6, 6.07) is 13.3. The number of rotatable bonds is 5. The Labute approximate surface area is 159 Å². The molecule has 3 aromatic rings. The predicted octanol–water partition coefficient (Wildman–Crippen LogP) is 5.21. The number of carbonyl (C=O) groups is 1. The molecule has 0 radical (unpaired) electrons. The number of aryl methyl sites for hydroxylation is 1. The maximum absolute atomic E-state index is 12.2. The second-order valence-electron chi connectivity index (χ2n) is 5.45. The van der Waals surface area contributed by atoms with Crippen molar-refractivity contribution >= 4 is 46.5 Å². The minimum atomic E-state index is -0.0619. The molecule has 4 nitrogen and oxygen atoms in total. The number of carbonyl (C=O) groups excluding carboxylic acids is 1. The van der Waals surface area contributed by atoms with Crippen LogP contribution in [0.5, 0.6) is 0 Å². The Hall–Kier alpha value is -1.89. The third-order valence-corrected chi connectivity index (χ3v) is 5.89. The molecule has 0 bridgehead atoms. The summed E-state index contributed by atoms with van der Waals surface area (Å²) < 4.78 is 5.07. The van der Waals surface area contributed by atoms with Gasteiger partial charge in [-0.25, -0.2) is 4.98 Å². The average molecular weight is 390 g/mol. The van der Waals surface area contributed by atoms with Gasteiger partial charge in [0.2, 0.25) is 5.91 Å². The summed E-state index contributed by atoms with van der Waals surface area (Å²) in [6.07, 6.45) is 0. The van der Waals surface area contributed by atoms with Gasteiger partial charge in [0.05, 0.1) is 10.8 Å². The molecule has 3 rings (SSSR count). The molecule has 0 spiro atoms. The van der Waals surface area contributed by atoms with E-state index in [1.165, 1.54) is 23.3 Å². The number of nitrogens with one attached hydrogen (secondary N) is 1. The Morgan fingerprint density at radius 3 is 2.80 bits per heavy atom. The molecule has 1 aromatic heterocycles. The first-order valence-corrected chi connectivity index (χ1v) is 9.76. The smallest absolute Gasteiger partial charge is 0.234 e. The van der Waals surface area contributed by atoms with E-state index in [9.17, 15) is 4.79 Å². The van der Waals surface area contributed by atoms with E-state index in [2.05, 4.69) is 14.7 Å². The first kappa shape index (κ1) is 17.9. The minimum Gasteiger partial charge on any atom is -0.325 e. The van der Waals surface area contributed by atoms with E-state index in [0.717, 1.165) is 26.7 Å². The normalized spacial score (nSPS) is 10.7. The van der Waals surface area contributed by atoms with Crippen molar-refractivity contribution in [3.8, 4) is 11.4 Å². The lowest BCUT2D eigenvalue weighted by atomic mass is 10.1. The standard InChI is InChI=1S/C18H16ClN3OS2/c1-11-6-5-9-15(12(11)2)20-16(23)10-24-18-21-17(22-25-18)13-7-3-4-8-14(13)19/h3-9H,10H2,1-2H3,(H,20,23). The highest BCUT2D eigenvalue weighted by molar-refractivity contribution is 8.01. The van der Waals surface area contributed by atoms with Crippen LogP contribution in [-0.2, 0) is 4.79 Å². The zero-order valence-corrected chi connectivity index (χ0v) is 16.1. The largest absolute Gasteiger partial charge is 0.325 e. The summed E-state index contributed by atoms with van der Waals surface area (Å²) in [6.45, 7) is 4.02. The molecule has 0 unspecified atom stereocenters. The molecule has 25 heavy (non-hydrogen) atoms. The van der Waals surface area contributed by atoms with Crippen LogP contribution in [0.3, 0.4) is 0 Å². The summed E-state index contributed by atoms with van der Waals surface area (Å²) in [5, 5.41) is 3.56. The molecule has 7 heteroatoms. The molecule has 0 atom stereocenters. The van der Waals surface area contributed by atoms with E-state index in [0.29, 0.717) is 10.8 Å². The fourth-order valence-electron chi connectivity index (χ4n) is 2.22. The molecule has 0 fully saturated rings. The quantitative estimate of drug-likeness (QED) is 0.609. The monoisotopic (exact) mass is 389 g/mol. The fourth-order valence-corrected chi connectivity index (χ4v) is 3.85. The van der Waals surface area contributed by atoms with Gasteiger partial charge in [-0.2, -0.15) is 4.37 Å². The van der Waals surface area contributed by atoms with E-state index in [1.807, 2.05) is 56.3 Å². The van der Waals surface area contributed by atoms with Gasteiger partial charge in [0, 0.05) is 11.3 Å². The van der Waals surface area contributed by atoms with Gasteiger partial charge in [0.15, 0.2) is 10.2 Å². The first-order valence-electron chi connectivity index (χ1n) is 7.62. The lowest BCUT2D eigenvalue weighted by molar-refractivity contribution is -0.113. The van der Waals surface area contributed by atoms with Gasteiger partial charge >= 0.3 is 0 Å². The highest BCUT2D eigenvalue weighted by atomic mass is 35.5. The molecular formula is C18H16ClN3OS2. The van der Waals surface area contributed by atoms with Gasteiger partial charge in [-0.3, -0.25) is 4.79 Å². The predicted molar refractivity (Wildman–Crippen MR) is 106 cm³/mol. The Kier molecular flexibility index (Phi) is 5.73. The molecule has 1 heterocycles. The van der Waals surface area contributed by atoms with Crippen molar-refractivity contribution in [3.05, 3.63) is 58.6 Å². The highest BCUT2D eigenvalue weighted by Gasteiger charge is 2.12. The third-order valence-electron chi connectivity index (χ3n) is 3.73. The number of anilines is 1.